The fourth-order valence-electron chi connectivity index (χ4n) is 4.14. The van der Waals surface area contributed by atoms with E-state index in [0.717, 1.165) is 37.2 Å². The summed E-state index contributed by atoms with van der Waals surface area (Å²) in [6.45, 7) is 1.75. The van der Waals surface area contributed by atoms with Gasteiger partial charge in [-0.25, -0.2) is 4.39 Å². The number of piperidine rings is 1. The molecule has 0 bridgehead atoms. The summed E-state index contributed by atoms with van der Waals surface area (Å²) in [5.74, 6) is -1.03. The predicted octanol–water partition coefficient (Wildman–Crippen LogP) is 2.70. The summed E-state index contributed by atoms with van der Waals surface area (Å²) in [6.07, 6.45) is 3.76. The first-order valence-corrected chi connectivity index (χ1v) is 12.1. The second kappa shape index (κ2) is 10.2. The standard InChI is InChI=1S/C24H27FN4O3S/c25-17-7-4-15(5-8-17)12-21-24(32)28-19(14-33-21)23(31)27-18-13-16(22(26)30)6-9-20(18)29-10-2-1-3-11-29/h4-9,13,19,21H,1-3,10-12,14H2,(H2,26,30)(H,27,31)(H,28,32). The second-order valence-electron chi connectivity index (χ2n) is 8.35. The van der Waals surface area contributed by atoms with Gasteiger partial charge < -0.3 is 21.3 Å². The molecule has 2 atom stereocenters. The Morgan fingerprint density at radius 3 is 2.52 bits per heavy atom. The van der Waals surface area contributed by atoms with Crippen molar-refractivity contribution >= 4 is 40.9 Å². The average molecular weight is 471 g/mol. The Morgan fingerprint density at radius 2 is 1.85 bits per heavy atom. The molecule has 0 spiro atoms. The molecule has 9 heteroatoms. The van der Waals surface area contributed by atoms with Crippen molar-refractivity contribution in [1.82, 2.24) is 5.32 Å². The van der Waals surface area contributed by atoms with Gasteiger partial charge in [0.05, 0.1) is 16.6 Å². The zero-order valence-corrected chi connectivity index (χ0v) is 19.0. The number of carbonyl (C=O) groups excluding carboxylic acids is 3. The van der Waals surface area contributed by atoms with Gasteiger partial charge in [0.25, 0.3) is 0 Å². The highest BCUT2D eigenvalue weighted by atomic mass is 32.2. The third kappa shape index (κ3) is 5.65. The van der Waals surface area contributed by atoms with Crippen LogP contribution in [-0.4, -0.2) is 47.9 Å². The van der Waals surface area contributed by atoms with Crippen molar-refractivity contribution in [2.45, 2.75) is 37.0 Å². The van der Waals surface area contributed by atoms with Gasteiger partial charge in [0.1, 0.15) is 11.9 Å². The number of nitrogens with one attached hydrogen (secondary N) is 2. The lowest BCUT2D eigenvalue weighted by molar-refractivity contribution is -0.126. The Balaban J connectivity index is 1.43. The summed E-state index contributed by atoms with van der Waals surface area (Å²) in [5, 5.41) is 5.36. The maximum Gasteiger partial charge on any atom is 0.248 e. The molecular weight excluding hydrogens is 443 g/mol. The van der Waals surface area contributed by atoms with E-state index in [-0.39, 0.29) is 22.9 Å². The highest BCUT2D eigenvalue weighted by Crippen LogP contribution is 2.30. The first kappa shape index (κ1) is 23.1. The van der Waals surface area contributed by atoms with Crippen LogP contribution in [0.5, 0.6) is 0 Å². The van der Waals surface area contributed by atoms with Crippen LogP contribution < -0.4 is 21.3 Å². The molecule has 174 valence electrons. The minimum Gasteiger partial charge on any atom is -0.370 e. The van der Waals surface area contributed by atoms with Crippen molar-refractivity contribution in [2.24, 2.45) is 5.73 Å². The highest BCUT2D eigenvalue weighted by molar-refractivity contribution is 8.00. The van der Waals surface area contributed by atoms with E-state index in [1.807, 2.05) is 6.07 Å². The fourth-order valence-corrected chi connectivity index (χ4v) is 5.33. The number of hydrogen-bond acceptors (Lipinski definition) is 5. The third-order valence-electron chi connectivity index (χ3n) is 5.96. The zero-order valence-electron chi connectivity index (χ0n) is 18.2. The minimum absolute atomic E-state index is 0.224. The van der Waals surface area contributed by atoms with Crippen molar-refractivity contribution < 1.29 is 18.8 Å². The smallest absolute Gasteiger partial charge is 0.248 e. The van der Waals surface area contributed by atoms with Gasteiger partial charge >= 0.3 is 0 Å². The molecule has 2 aliphatic rings. The lowest BCUT2D eigenvalue weighted by Gasteiger charge is -2.32. The maximum absolute atomic E-state index is 13.1. The van der Waals surface area contributed by atoms with Gasteiger partial charge in [-0.2, -0.15) is 0 Å². The third-order valence-corrected chi connectivity index (χ3v) is 7.27. The van der Waals surface area contributed by atoms with Crippen molar-refractivity contribution in [3.05, 3.63) is 59.4 Å². The van der Waals surface area contributed by atoms with E-state index >= 15 is 0 Å². The van der Waals surface area contributed by atoms with Crippen LogP contribution in [0.25, 0.3) is 0 Å². The van der Waals surface area contributed by atoms with Gasteiger partial charge in [-0.1, -0.05) is 12.1 Å². The van der Waals surface area contributed by atoms with E-state index in [2.05, 4.69) is 15.5 Å². The summed E-state index contributed by atoms with van der Waals surface area (Å²) < 4.78 is 13.1. The lowest BCUT2D eigenvalue weighted by Crippen LogP contribution is -2.52. The largest absolute Gasteiger partial charge is 0.370 e. The number of thioether (sulfide) groups is 1. The molecule has 0 aliphatic carbocycles. The molecule has 0 radical (unpaired) electrons. The van der Waals surface area contributed by atoms with Crippen LogP contribution in [0.15, 0.2) is 42.5 Å². The number of hydrogen-bond donors (Lipinski definition) is 3. The molecule has 2 aromatic rings. The van der Waals surface area contributed by atoms with Gasteiger partial charge in [-0.3, -0.25) is 14.4 Å². The van der Waals surface area contributed by atoms with Crippen LogP contribution in [0.3, 0.4) is 0 Å². The lowest BCUT2D eigenvalue weighted by atomic mass is 10.1. The van der Waals surface area contributed by atoms with Crippen LogP contribution >= 0.6 is 11.8 Å². The molecule has 4 rings (SSSR count). The predicted molar refractivity (Wildman–Crippen MR) is 128 cm³/mol. The molecule has 2 saturated heterocycles. The van der Waals surface area contributed by atoms with E-state index in [1.54, 1.807) is 24.3 Å². The van der Waals surface area contributed by atoms with Gasteiger partial charge in [-0.05, 0) is 61.6 Å². The van der Waals surface area contributed by atoms with E-state index in [4.69, 9.17) is 5.73 Å². The molecule has 33 heavy (non-hydrogen) atoms. The number of nitrogens with zero attached hydrogens (tertiary/aromatic N) is 1. The van der Waals surface area contributed by atoms with Crippen LogP contribution in [0, 0.1) is 5.82 Å². The number of anilines is 2. The molecule has 2 aromatic carbocycles. The molecule has 2 aliphatic heterocycles. The number of amides is 3. The van der Waals surface area contributed by atoms with Crippen molar-refractivity contribution in [3.63, 3.8) is 0 Å². The molecule has 3 amide bonds. The molecule has 2 heterocycles. The highest BCUT2D eigenvalue weighted by Gasteiger charge is 2.33. The molecular formula is C24H27FN4O3S. The molecule has 7 nitrogen and oxygen atoms in total. The molecule has 2 fully saturated rings. The first-order valence-electron chi connectivity index (χ1n) is 11.1. The number of benzene rings is 2. The quantitative estimate of drug-likeness (QED) is 0.602. The van der Waals surface area contributed by atoms with Crippen LogP contribution in [0.2, 0.25) is 0 Å². The number of rotatable bonds is 6. The summed E-state index contributed by atoms with van der Waals surface area (Å²) in [5.41, 5.74) is 7.98. The first-order chi connectivity index (χ1) is 15.9. The number of primary amides is 1. The normalized spacial score (nSPS) is 20.8. The average Bonchev–Trinajstić information content (AvgIpc) is 2.82. The minimum atomic E-state index is -0.696. The summed E-state index contributed by atoms with van der Waals surface area (Å²) in [7, 11) is 0. The van der Waals surface area contributed by atoms with E-state index in [0.29, 0.717) is 23.4 Å². The van der Waals surface area contributed by atoms with Crippen LogP contribution in [0.1, 0.15) is 35.2 Å². The molecule has 2 unspecified atom stereocenters. The fraction of sp³-hybridized carbons (Fsp3) is 0.375. The van der Waals surface area contributed by atoms with E-state index in [1.165, 1.54) is 30.3 Å². The SMILES string of the molecule is NC(=O)c1ccc(N2CCCCC2)c(NC(=O)C2CSC(Cc3ccc(F)cc3)C(=O)N2)c1. The molecule has 0 saturated carbocycles. The van der Waals surface area contributed by atoms with Crippen molar-refractivity contribution in [2.75, 3.05) is 29.1 Å². The summed E-state index contributed by atoms with van der Waals surface area (Å²) in [6, 6.07) is 10.5. The Hall–Kier alpha value is -3.07. The van der Waals surface area contributed by atoms with E-state index < -0.39 is 11.9 Å². The van der Waals surface area contributed by atoms with Gasteiger partial charge in [-0.15, -0.1) is 11.8 Å². The maximum atomic E-state index is 13.1. The number of nitrogens with two attached hydrogens (primary N) is 1. The van der Waals surface area contributed by atoms with E-state index in [9.17, 15) is 18.8 Å². The Bertz CT molecular complexity index is 1040. The van der Waals surface area contributed by atoms with Crippen LogP contribution in [-0.2, 0) is 16.0 Å². The van der Waals surface area contributed by atoms with Gasteiger partial charge in [0.15, 0.2) is 0 Å². The monoisotopic (exact) mass is 470 g/mol. The van der Waals surface area contributed by atoms with Gasteiger partial charge in [0.2, 0.25) is 17.7 Å². The second-order valence-corrected chi connectivity index (χ2v) is 9.58. The Kier molecular flexibility index (Phi) is 7.17. The number of halogens is 1. The Morgan fingerprint density at radius 1 is 1.12 bits per heavy atom. The van der Waals surface area contributed by atoms with Crippen molar-refractivity contribution in [3.8, 4) is 0 Å². The topological polar surface area (TPSA) is 105 Å². The molecule has 4 N–H and O–H groups in total. The zero-order chi connectivity index (χ0) is 23.4. The Labute approximate surface area is 196 Å². The van der Waals surface area contributed by atoms with Gasteiger partial charge in [0, 0.05) is 24.4 Å². The molecule has 0 aromatic heterocycles. The summed E-state index contributed by atoms with van der Waals surface area (Å²) >= 11 is 1.41. The van der Waals surface area contributed by atoms with Crippen LogP contribution in [0.4, 0.5) is 15.8 Å². The van der Waals surface area contributed by atoms with Crippen molar-refractivity contribution in [1.29, 1.82) is 0 Å². The number of carbonyl (C=O) groups is 3. The summed E-state index contributed by atoms with van der Waals surface area (Å²) in [4.78, 5) is 39.5.